The van der Waals surface area contributed by atoms with Gasteiger partial charge in [0.1, 0.15) is 11.6 Å². The van der Waals surface area contributed by atoms with E-state index >= 15 is 4.39 Å². The molecule has 3 aromatic rings. The van der Waals surface area contributed by atoms with Crippen molar-refractivity contribution in [2.24, 2.45) is 0 Å². The number of rotatable bonds is 7. The highest BCUT2D eigenvalue weighted by atomic mass is 35.5. The topological polar surface area (TPSA) is 85.9 Å². The maximum Gasteiger partial charge on any atom is 0.324 e. The lowest BCUT2D eigenvalue weighted by molar-refractivity contribution is 0.116. The van der Waals surface area contributed by atoms with Gasteiger partial charge >= 0.3 is 12.5 Å². The summed E-state index contributed by atoms with van der Waals surface area (Å²) in [5.74, 6) is -2.54. The van der Waals surface area contributed by atoms with Crippen LogP contribution in [0.1, 0.15) is 17.9 Å². The van der Waals surface area contributed by atoms with Gasteiger partial charge in [-0.2, -0.15) is 8.78 Å². The molecule has 2 amide bonds. The van der Waals surface area contributed by atoms with Gasteiger partial charge in [0.25, 0.3) is 5.89 Å². The van der Waals surface area contributed by atoms with Crippen LogP contribution in [0, 0.1) is 11.6 Å². The van der Waals surface area contributed by atoms with Gasteiger partial charge < -0.3 is 14.4 Å². The van der Waals surface area contributed by atoms with Crippen LogP contribution >= 0.6 is 11.6 Å². The Morgan fingerprint density at radius 3 is 2.44 bits per heavy atom. The number of aromatic nitrogens is 2. The minimum absolute atomic E-state index is 0.0104. The molecule has 0 atom stereocenters. The molecule has 1 aliphatic rings. The van der Waals surface area contributed by atoms with Crippen LogP contribution in [-0.4, -0.2) is 70.5 Å². The molecule has 0 unspecified atom stereocenters. The molecular weight excluding hydrogens is 506 g/mol. The van der Waals surface area contributed by atoms with Crippen molar-refractivity contribution in [3.8, 4) is 11.5 Å². The molecule has 36 heavy (non-hydrogen) atoms. The summed E-state index contributed by atoms with van der Waals surface area (Å²) in [6.07, 6.45) is -2.96. The van der Waals surface area contributed by atoms with Gasteiger partial charge in [-0.3, -0.25) is 9.80 Å². The molecule has 0 saturated carbocycles. The summed E-state index contributed by atoms with van der Waals surface area (Å²) < 4.78 is 59.2. The highest BCUT2D eigenvalue weighted by Gasteiger charge is 2.28. The highest BCUT2D eigenvalue weighted by molar-refractivity contribution is 6.31. The van der Waals surface area contributed by atoms with Gasteiger partial charge in [-0.15, -0.1) is 10.2 Å². The van der Waals surface area contributed by atoms with Gasteiger partial charge in [0.2, 0.25) is 5.89 Å². The van der Waals surface area contributed by atoms with Gasteiger partial charge in [-0.05, 0) is 30.3 Å². The zero-order valence-corrected chi connectivity index (χ0v) is 19.6. The number of benzene rings is 2. The Morgan fingerprint density at radius 2 is 1.83 bits per heavy atom. The Hall–Kier alpha value is -3.22. The number of hydrogen-bond donors (Lipinski definition) is 1. The van der Waals surface area contributed by atoms with E-state index in [2.05, 4.69) is 10.2 Å². The molecule has 0 spiro atoms. The van der Waals surface area contributed by atoms with Crippen molar-refractivity contribution in [3.63, 3.8) is 0 Å². The third-order valence-electron chi connectivity index (χ3n) is 5.76. The van der Waals surface area contributed by atoms with E-state index < -0.39 is 30.0 Å². The fraction of sp³-hybridized carbons (Fsp3) is 0.348. The number of carbonyl (C=O) groups excluding carboxylic acids is 1. The molecule has 2 aromatic carbocycles. The number of β-amino-alcohol motifs (C(OH)–C–C–N with tert-alkyl or cyclic N) is 1. The number of aliphatic hydroxyl groups is 1. The smallest absolute Gasteiger partial charge is 0.324 e. The van der Waals surface area contributed by atoms with Crippen molar-refractivity contribution in [2.45, 2.75) is 13.0 Å². The van der Waals surface area contributed by atoms with Crippen molar-refractivity contribution in [1.82, 2.24) is 20.0 Å². The molecule has 0 radical (unpaired) electrons. The number of piperazine rings is 1. The molecule has 13 heteroatoms. The predicted molar refractivity (Wildman–Crippen MR) is 123 cm³/mol. The number of halogens is 5. The van der Waals surface area contributed by atoms with Crippen molar-refractivity contribution in [3.05, 3.63) is 64.5 Å². The van der Waals surface area contributed by atoms with Gasteiger partial charge in [0.05, 0.1) is 18.2 Å². The van der Waals surface area contributed by atoms with Crippen molar-refractivity contribution in [1.29, 1.82) is 0 Å². The number of hydrogen-bond acceptors (Lipinski definition) is 6. The number of aliphatic hydroxyl groups excluding tert-OH is 1. The number of alkyl halides is 2. The average Bonchev–Trinajstić information content (AvgIpc) is 3.36. The molecular formula is C23H22ClF4N5O3. The first-order valence-electron chi connectivity index (χ1n) is 11.0. The lowest BCUT2D eigenvalue weighted by Gasteiger charge is -2.37. The fourth-order valence-electron chi connectivity index (χ4n) is 3.82. The summed E-state index contributed by atoms with van der Waals surface area (Å²) in [5.41, 5.74) is 0.476. The first-order chi connectivity index (χ1) is 17.3. The van der Waals surface area contributed by atoms with Crippen LogP contribution in [0.15, 0.2) is 40.8 Å². The molecule has 4 rings (SSSR count). The van der Waals surface area contributed by atoms with E-state index in [0.717, 1.165) is 12.1 Å². The van der Waals surface area contributed by atoms with E-state index in [-0.39, 0.29) is 40.9 Å². The quantitative estimate of drug-likeness (QED) is 0.460. The maximum absolute atomic E-state index is 15.1. The molecule has 192 valence electrons. The largest absolute Gasteiger partial charge is 0.415 e. The predicted octanol–water partition coefficient (Wildman–Crippen LogP) is 4.34. The second kappa shape index (κ2) is 11.2. The average molecular weight is 528 g/mol. The Bertz CT molecular complexity index is 1220. The van der Waals surface area contributed by atoms with Gasteiger partial charge in [-0.25, -0.2) is 13.6 Å². The molecule has 1 N–H and O–H groups in total. The molecule has 1 fully saturated rings. The summed E-state index contributed by atoms with van der Waals surface area (Å²) in [5, 5.41) is 15.7. The van der Waals surface area contributed by atoms with Crippen LogP contribution < -0.4 is 4.90 Å². The van der Waals surface area contributed by atoms with Crippen LogP contribution in [0.3, 0.4) is 0 Å². The standard InChI is InChI=1S/C23H22ClF4N5O3/c24-17-12-16(3-4-18(17)25)33(23(35)32-7-5-31(6-8-32)9-10-34)13-15-2-1-14(11-19(15)26)21-29-30-22(36-21)20(27)28/h1-4,11-12,20,34H,5-10,13H2. The summed E-state index contributed by atoms with van der Waals surface area (Å²) >= 11 is 5.94. The van der Waals surface area contributed by atoms with E-state index in [4.69, 9.17) is 21.1 Å². The summed E-state index contributed by atoms with van der Waals surface area (Å²) in [6.45, 7) is 2.17. The highest BCUT2D eigenvalue weighted by Crippen LogP contribution is 2.28. The van der Waals surface area contributed by atoms with Crippen LogP contribution in [0.25, 0.3) is 11.5 Å². The SMILES string of the molecule is O=C(N1CCN(CCO)CC1)N(Cc1ccc(-c2nnc(C(F)F)o2)cc1F)c1ccc(F)c(Cl)c1. The summed E-state index contributed by atoms with van der Waals surface area (Å²) in [4.78, 5) is 18.3. The summed E-state index contributed by atoms with van der Waals surface area (Å²) in [6, 6.07) is 7.18. The van der Waals surface area contributed by atoms with E-state index in [1.165, 1.54) is 29.2 Å². The number of amides is 2. The summed E-state index contributed by atoms with van der Waals surface area (Å²) in [7, 11) is 0. The van der Waals surface area contributed by atoms with E-state index in [9.17, 15) is 18.0 Å². The lowest BCUT2D eigenvalue weighted by Crippen LogP contribution is -2.53. The third kappa shape index (κ3) is 5.77. The third-order valence-corrected chi connectivity index (χ3v) is 6.05. The Morgan fingerprint density at radius 1 is 1.08 bits per heavy atom. The number of carbonyl (C=O) groups is 1. The van der Waals surface area contributed by atoms with Crippen LogP contribution in [0.2, 0.25) is 5.02 Å². The minimum Gasteiger partial charge on any atom is -0.415 e. The second-order valence-corrected chi connectivity index (χ2v) is 8.48. The van der Waals surface area contributed by atoms with Crippen molar-refractivity contribution < 1.29 is 31.9 Å². The first-order valence-corrected chi connectivity index (χ1v) is 11.4. The molecule has 0 aliphatic carbocycles. The van der Waals surface area contributed by atoms with Gasteiger partial charge in [0, 0.05) is 49.5 Å². The van der Waals surface area contributed by atoms with E-state index in [1.54, 1.807) is 4.90 Å². The fourth-order valence-corrected chi connectivity index (χ4v) is 3.99. The monoisotopic (exact) mass is 527 g/mol. The van der Waals surface area contributed by atoms with E-state index in [0.29, 0.717) is 32.7 Å². The molecule has 8 nitrogen and oxygen atoms in total. The Labute approximate surface area is 208 Å². The second-order valence-electron chi connectivity index (χ2n) is 8.07. The van der Waals surface area contributed by atoms with E-state index in [1.807, 2.05) is 4.90 Å². The molecule has 1 aromatic heterocycles. The molecule has 0 bridgehead atoms. The van der Waals surface area contributed by atoms with Crippen LogP contribution in [-0.2, 0) is 6.54 Å². The lowest BCUT2D eigenvalue weighted by atomic mass is 10.1. The zero-order chi connectivity index (χ0) is 25.8. The first kappa shape index (κ1) is 25.9. The number of nitrogens with zero attached hydrogens (tertiary/aromatic N) is 5. The Kier molecular flexibility index (Phi) is 8.07. The minimum atomic E-state index is -2.96. The normalized spacial score (nSPS) is 14.5. The van der Waals surface area contributed by atoms with Crippen LogP contribution in [0.4, 0.5) is 28.0 Å². The molecule has 2 heterocycles. The van der Waals surface area contributed by atoms with Gasteiger partial charge in [-0.1, -0.05) is 17.7 Å². The maximum atomic E-state index is 15.1. The molecule has 1 aliphatic heterocycles. The van der Waals surface area contributed by atoms with Crippen molar-refractivity contribution >= 4 is 23.3 Å². The zero-order valence-electron chi connectivity index (χ0n) is 18.9. The molecule has 1 saturated heterocycles. The number of urea groups is 1. The number of anilines is 1. The van der Waals surface area contributed by atoms with Crippen LogP contribution in [0.5, 0.6) is 0 Å². The van der Waals surface area contributed by atoms with Gasteiger partial charge in [0.15, 0.2) is 0 Å². The Balaban J connectivity index is 1.59. The van der Waals surface area contributed by atoms with Crippen molar-refractivity contribution in [2.75, 3.05) is 44.2 Å².